The molecule has 29 heavy (non-hydrogen) atoms. The van der Waals surface area contributed by atoms with E-state index in [4.69, 9.17) is 26.8 Å². The first kappa shape index (κ1) is 19.3. The smallest absolute Gasteiger partial charge is 0.340 e. The zero-order valence-corrected chi connectivity index (χ0v) is 16.6. The lowest BCUT2D eigenvalue weighted by molar-refractivity contribution is -0.136. The van der Waals surface area contributed by atoms with Crippen LogP contribution in [0.2, 0.25) is 5.02 Å². The number of benzene rings is 2. The number of ketones is 1. The Bertz CT molecular complexity index is 1020. The first-order valence-electron chi connectivity index (χ1n) is 9.32. The summed E-state index contributed by atoms with van der Waals surface area (Å²) in [5, 5.41) is 0.561. The fourth-order valence-corrected chi connectivity index (χ4v) is 4.19. The maximum absolute atomic E-state index is 13.2. The summed E-state index contributed by atoms with van der Waals surface area (Å²) in [6.45, 7) is 0. The molecule has 6 heteroatoms. The lowest BCUT2D eigenvalue weighted by Crippen LogP contribution is -2.32. The van der Waals surface area contributed by atoms with Gasteiger partial charge in [0.15, 0.2) is 5.78 Å². The second-order valence-electron chi connectivity index (χ2n) is 7.13. The zero-order valence-electron chi connectivity index (χ0n) is 15.9. The molecule has 0 bridgehead atoms. The number of hydrogen-bond acceptors (Lipinski definition) is 5. The van der Waals surface area contributed by atoms with E-state index in [2.05, 4.69) is 0 Å². The maximum atomic E-state index is 13.2. The van der Waals surface area contributed by atoms with Crippen LogP contribution in [0.1, 0.15) is 35.8 Å². The maximum Gasteiger partial charge on any atom is 0.340 e. The van der Waals surface area contributed by atoms with Gasteiger partial charge >= 0.3 is 5.97 Å². The van der Waals surface area contributed by atoms with Gasteiger partial charge in [0.2, 0.25) is 5.88 Å². The Morgan fingerprint density at radius 1 is 1.07 bits per heavy atom. The van der Waals surface area contributed by atoms with Crippen LogP contribution in [0.3, 0.4) is 0 Å². The second-order valence-corrected chi connectivity index (χ2v) is 7.57. The van der Waals surface area contributed by atoms with Crippen LogP contribution in [0.15, 0.2) is 77.4 Å². The highest BCUT2D eigenvalue weighted by Crippen LogP contribution is 2.47. The van der Waals surface area contributed by atoms with Crippen molar-refractivity contribution in [3.63, 3.8) is 0 Å². The van der Waals surface area contributed by atoms with Crippen molar-refractivity contribution in [1.29, 1.82) is 0 Å². The van der Waals surface area contributed by atoms with E-state index >= 15 is 0 Å². The third-order valence-corrected chi connectivity index (χ3v) is 5.67. The molecule has 1 aliphatic heterocycles. The van der Waals surface area contributed by atoms with Crippen molar-refractivity contribution >= 4 is 23.4 Å². The Morgan fingerprint density at radius 2 is 1.76 bits per heavy atom. The highest BCUT2D eigenvalue weighted by atomic mass is 35.5. The van der Waals surface area contributed by atoms with E-state index in [1.807, 2.05) is 30.3 Å². The van der Waals surface area contributed by atoms with E-state index in [0.717, 1.165) is 11.1 Å². The number of ether oxygens (including phenoxy) is 2. The van der Waals surface area contributed by atoms with E-state index in [-0.39, 0.29) is 23.2 Å². The number of allylic oxidation sites excluding steroid dienone is 2. The van der Waals surface area contributed by atoms with Crippen LogP contribution in [-0.4, -0.2) is 18.9 Å². The van der Waals surface area contributed by atoms with E-state index in [0.29, 0.717) is 29.2 Å². The highest BCUT2D eigenvalue weighted by molar-refractivity contribution is 6.30. The highest BCUT2D eigenvalue weighted by Gasteiger charge is 2.43. The molecule has 0 aromatic heterocycles. The Hall–Kier alpha value is -3.05. The Balaban J connectivity index is 1.81. The molecule has 0 unspecified atom stereocenters. The van der Waals surface area contributed by atoms with Crippen molar-refractivity contribution < 1.29 is 19.1 Å². The van der Waals surface area contributed by atoms with Gasteiger partial charge in [-0.3, -0.25) is 4.79 Å². The molecule has 0 fully saturated rings. The molecule has 1 aliphatic carbocycles. The van der Waals surface area contributed by atoms with Crippen LogP contribution in [-0.2, 0) is 19.1 Å². The lowest BCUT2D eigenvalue weighted by Gasteiger charge is -2.35. The number of Topliss-reactive ketones (excluding diaryl/α,β-unsaturated/α-hetero) is 1. The van der Waals surface area contributed by atoms with Gasteiger partial charge < -0.3 is 15.2 Å². The van der Waals surface area contributed by atoms with Crippen LogP contribution < -0.4 is 5.73 Å². The first-order valence-corrected chi connectivity index (χ1v) is 9.69. The van der Waals surface area contributed by atoms with E-state index in [1.165, 1.54) is 7.11 Å². The van der Waals surface area contributed by atoms with Gasteiger partial charge in [-0.25, -0.2) is 4.79 Å². The molecule has 2 aliphatic rings. The molecular weight excluding hydrogens is 390 g/mol. The Kier molecular flexibility index (Phi) is 5.16. The number of carbonyl (C=O) groups is 2. The molecule has 4 rings (SSSR count). The molecule has 0 radical (unpaired) electrons. The minimum atomic E-state index is -0.646. The van der Waals surface area contributed by atoms with Gasteiger partial charge in [0, 0.05) is 23.4 Å². The van der Waals surface area contributed by atoms with Gasteiger partial charge in [0.1, 0.15) is 11.3 Å². The number of hydrogen-bond donors (Lipinski definition) is 1. The summed E-state index contributed by atoms with van der Waals surface area (Å²) in [7, 11) is 1.28. The summed E-state index contributed by atoms with van der Waals surface area (Å²) >= 11 is 6.03. The van der Waals surface area contributed by atoms with E-state index in [1.54, 1.807) is 24.3 Å². The van der Waals surface area contributed by atoms with Crippen LogP contribution >= 0.6 is 11.6 Å². The SMILES string of the molecule is COC(=O)C1=C(N)OC2=C(C(=O)C[C@@H](c3ccccc3)C2)[C@@H]1c1ccc(Cl)cc1. The van der Waals surface area contributed by atoms with Gasteiger partial charge in [0.05, 0.1) is 13.0 Å². The summed E-state index contributed by atoms with van der Waals surface area (Å²) < 4.78 is 10.7. The number of carbonyl (C=O) groups excluding carboxylic acids is 2. The van der Waals surface area contributed by atoms with Crippen molar-refractivity contribution in [1.82, 2.24) is 0 Å². The van der Waals surface area contributed by atoms with Gasteiger partial charge in [-0.2, -0.15) is 0 Å². The summed E-state index contributed by atoms with van der Waals surface area (Å²) in [5.41, 5.74) is 8.55. The second kappa shape index (κ2) is 7.76. The molecule has 5 nitrogen and oxygen atoms in total. The van der Waals surface area contributed by atoms with Crippen molar-refractivity contribution in [3.8, 4) is 0 Å². The van der Waals surface area contributed by atoms with Crippen molar-refractivity contribution in [3.05, 3.63) is 93.5 Å². The predicted molar refractivity (Wildman–Crippen MR) is 109 cm³/mol. The number of halogens is 1. The minimum Gasteiger partial charge on any atom is -0.465 e. The van der Waals surface area contributed by atoms with E-state index in [9.17, 15) is 9.59 Å². The molecular formula is C23H20ClNO4. The van der Waals surface area contributed by atoms with Gasteiger partial charge in [-0.05, 0) is 29.2 Å². The normalized spacial score (nSPS) is 21.5. The molecule has 2 N–H and O–H groups in total. The molecule has 0 spiro atoms. The number of esters is 1. The van der Waals surface area contributed by atoms with Crippen LogP contribution in [0.5, 0.6) is 0 Å². The summed E-state index contributed by atoms with van der Waals surface area (Å²) in [4.78, 5) is 25.7. The van der Waals surface area contributed by atoms with Crippen LogP contribution in [0.25, 0.3) is 0 Å². The topological polar surface area (TPSA) is 78.6 Å². The van der Waals surface area contributed by atoms with Gasteiger partial charge in [-0.15, -0.1) is 0 Å². The van der Waals surface area contributed by atoms with E-state index < -0.39 is 11.9 Å². The third kappa shape index (κ3) is 3.54. The van der Waals surface area contributed by atoms with Gasteiger partial charge in [0.25, 0.3) is 0 Å². The molecule has 0 saturated carbocycles. The summed E-state index contributed by atoms with van der Waals surface area (Å²) in [6.07, 6.45) is 0.870. The first-order chi connectivity index (χ1) is 14.0. The molecule has 2 atom stereocenters. The Morgan fingerprint density at radius 3 is 2.41 bits per heavy atom. The molecule has 148 valence electrons. The van der Waals surface area contributed by atoms with Crippen molar-refractivity contribution in [2.45, 2.75) is 24.7 Å². The average molecular weight is 410 g/mol. The van der Waals surface area contributed by atoms with Gasteiger partial charge in [-0.1, -0.05) is 54.1 Å². The fraction of sp³-hybridized carbons (Fsp3) is 0.217. The minimum absolute atomic E-state index is 0.000736. The Labute approximate surface area is 173 Å². The molecule has 0 amide bonds. The van der Waals surface area contributed by atoms with Crippen LogP contribution in [0, 0.1) is 0 Å². The standard InChI is InChI=1S/C23H20ClNO4/c1-28-23(27)21-19(14-7-9-16(24)10-8-14)20-17(26)11-15(12-18(20)29-22(21)25)13-5-3-2-4-6-13/h2-10,15,19H,11-12,25H2,1H3/t15-,19+/m1/s1. The fourth-order valence-electron chi connectivity index (χ4n) is 4.07. The summed E-state index contributed by atoms with van der Waals surface area (Å²) in [5.74, 6) is -0.841. The number of rotatable bonds is 3. The number of methoxy groups -OCH3 is 1. The predicted octanol–water partition coefficient (Wildman–Crippen LogP) is 4.20. The molecule has 0 saturated heterocycles. The summed E-state index contributed by atoms with van der Waals surface area (Å²) in [6, 6.07) is 16.9. The van der Waals surface area contributed by atoms with Crippen LogP contribution in [0.4, 0.5) is 0 Å². The monoisotopic (exact) mass is 409 g/mol. The number of nitrogens with two attached hydrogens (primary N) is 1. The third-order valence-electron chi connectivity index (χ3n) is 5.42. The molecule has 1 heterocycles. The quantitative estimate of drug-likeness (QED) is 0.768. The van der Waals surface area contributed by atoms with Crippen molar-refractivity contribution in [2.75, 3.05) is 7.11 Å². The average Bonchev–Trinajstić information content (AvgIpc) is 2.73. The lowest BCUT2D eigenvalue weighted by atomic mass is 9.73. The molecule has 2 aromatic rings. The molecule has 2 aromatic carbocycles. The zero-order chi connectivity index (χ0) is 20.5. The van der Waals surface area contributed by atoms with Crippen molar-refractivity contribution in [2.24, 2.45) is 5.73 Å². The largest absolute Gasteiger partial charge is 0.465 e.